The number of aromatic nitrogens is 2. The zero-order valence-corrected chi connectivity index (χ0v) is 14.6. The van der Waals surface area contributed by atoms with Crippen molar-refractivity contribution in [3.8, 4) is 11.4 Å². The molecule has 1 atom stereocenters. The number of anilines is 1. The molecule has 2 heterocycles. The molecule has 1 aliphatic rings. The van der Waals surface area contributed by atoms with Crippen LogP contribution in [0.2, 0.25) is 0 Å². The molecule has 1 aromatic heterocycles. The molecule has 2 aromatic rings. The standard InChI is InChI=1S/C19H23FN4O/c1-13-4-3-8-24(9-7-13)19(25)23-16-6-5-14(2)17(10-16)18-21-11-15(20)12-22-18/h5-6,10-13H,3-4,7-9H2,1-2H3,(H,23,25)/t13-/m0/s1. The molecule has 1 aromatic carbocycles. The van der Waals surface area contributed by atoms with E-state index in [2.05, 4.69) is 22.2 Å². The number of hydrogen-bond donors (Lipinski definition) is 1. The molecule has 0 radical (unpaired) electrons. The average molecular weight is 342 g/mol. The van der Waals surface area contributed by atoms with Crippen LogP contribution in [0.3, 0.4) is 0 Å². The third-order valence-corrected chi connectivity index (χ3v) is 4.65. The molecule has 3 rings (SSSR count). The summed E-state index contributed by atoms with van der Waals surface area (Å²) in [6, 6.07) is 5.52. The van der Waals surface area contributed by atoms with Crippen LogP contribution in [-0.2, 0) is 0 Å². The predicted molar refractivity (Wildman–Crippen MR) is 95.8 cm³/mol. The number of urea groups is 1. The van der Waals surface area contributed by atoms with Gasteiger partial charge in [0.2, 0.25) is 0 Å². The fraction of sp³-hybridized carbons (Fsp3) is 0.421. The zero-order valence-electron chi connectivity index (χ0n) is 14.6. The molecule has 132 valence electrons. The summed E-state index contributed by atoms with van der Waals surface area (Å²) >= 11 is 0. The van der Waals surface area contributed by atoms with Gasteiger partial charge in [0.15, 0.2) is 11.6 Å². The molecule has 5 nitrogen and oxygen atoms in total. The minimum absolute atomic E-state index is 0.0797. The van der Waals surface area contributed by atoms with Crippen molar-refractivity contribution in [1.82, 2.24) is 14.9 Å². The van der Waals surface area contributed by atoms with Crippen LogP contribution in [0.25, 0.3) is 11.4 Å². The molecule has 6 heteroatoms. The molecule has 1 fully saturated rings. The Bertz CT molecular complexity index is 748. The summed E-state index contributed by atoms with van der Waals surface area (Å²) in [5.41, 5.74) is 2.44. The lowest BCUT2D eigenvalue weighted by Crippen LogP contribution is -2.35. The largest absolute Gasteiger partial charge is 0.325 e. The molecule has 2 amide bonds. The highest BCUT2D eigenvalue weighted by atomic mass is 19.1. The number of hydrogen-bond acceptors (Lipinski definition) is 3. The second-order valence-electron chi connectivity index (χ2n) is 6.71. The lowest BCUT2D eigenvalue weighted by Gasteiger charge is -2.21. The van der Waals surface area contributed by atoms with Crippen molar-refractivity contribution in [2.24, 2.45) is 5.92 Å². The Morgan fingerprint density at radius 2 is 2.00 bits per heavy atom. The minimum atomic E-state index is -0.471. The molecule has 0 saturated carbocycles. The van der Waals surface area contributed by atoms with Crippen molar-refractivity contribution in [2.75, 3.05) is 18.4 Å². The average Bonchev–Trinajstić information content (AvgIpc) is 2.82. The van der Waals surface area contributed by atoms with Gasteiger partial charge in [0.05, 0.1) is 12.4 Å². The van der Waals surface area contributed by atoms with Crippen LogP contribution >= 0.6 is 0 Å². The van der Waals surface area contributed by atoms with Gasteiger partial charge in [-0.15, -0.1) is 0 Å². The van der Waals surface area contributed by atoms with Gasteiger partial charge in [0, 0.05) is 24.3 Å². The first kappa shape index (κ1) is 17.3. The van der Waals surface area contributed by atoms with Crippen LogP contribution in [0.1, 0.15) is 31.7 Å². The first-order valence-electron chi connectivity index (χ1n) is 8.67. The highest BCUT2D eigenvalue weighted by Crippen LogP contribution is 2.24. The summed E-state index contributed by atoms with van der Waals surface area (Å²) in [5.74, 6) is 0.638. The van der Waals surface area contributed by atoms with Gasteiger partial charge in [-0.2, -0.15) is 0 Å². The Hall–Kier alpha value is -2.50. The second kappa shape index (κ2) is 7.59. The van der Waals surface area contributed by atoms with Crippen molar-refractivity contribution in [2.45, 2.75) is 33.1 Å². The maximum absolute atomic E-state index is 13.0. The van der Waals surface area contributed by atoms with Gasteiger partial charge in [0.1, 0.15) is 0 Å². The van der Waals surface area contributed by atoms with Crippen LogP contribution < -0.4 is 5.32 Å². The molecule has 1 aliphatic heterocycles. The highest BCUT2D eigenvalue weighted by Gasteiger charge is 2.18. The summed E-state index contributed by atoms with van der Waals surface area (Å²) < 4.78 is 13.0. The van der Waals surface area contributed by atoms with E-state index in [0.29, 0.717) is 17.4 Å². The summed E-state index contributed by atoms with van der Waals surface area (Å²) in [5, 5.41) is 2.96. The van der Waals surface area contributed by atoms with Crippen LogP contribution in [0.15, 0.2) is 30.6 Å². The normalized spacial score (nSPS) is 17.9. The van der Waals surface area contributed by atoms with Crippen LogP contribution in [0.4, 0.5) is 14.9 Å². The number of halogens is 1. The maximum atomic E-state index is 13.0. The summed E-state index contributed by atoms with van der Waals surface area (Å²) in [6.45, 7) is 5.74. The molecule has 0 bridgehead atoms. The molecular formula is C19H23FN4O. The van der Waals surface area contributed by atoms with Gasteiger partial charge in [-0.1, -0.05) is 13.0 Å². The van der Waals surface area contributed by atoms with Crippen LogP contribution in [-0.4, -0.2) is 34.0 Å². The fourth-order valence-corrected chi connectivity index (χ4v) is 3.06. The van der Waals surface area contributed by atoms with E-state index in [9.17, 15) is 9.18 Å². The lowest BCUT2D eigenvalue weighted by molar-refractivity contribution is 0.213. The number of carbonyl (C=O) groups is 1. The van der Waals surface area contributed by atoms with Gasteiger partial charge < -0.3 is 10.2 Å². The molecule has 0 aliphatic carbocycles. The summed E-state index contributed by atoms with van der Waals surface area (Å²) in [6.07, 6.45) is 5.53. The van der Waals surface area contributed by atoms with E-state index in [-0.39, 0.29) is 6.03 Å². The number of carbonyl (C=O) groups excluding carboxylic acids is 1. The number of rotatable bonds is 2. The number of amides is 2. The highest BCUT2D eigenvalue weighted by molar-refractivity contribution is 5.90. The van der Waals surface area contributed by atoms with E-state index in [4.69, 9.17) is 0 Å². The second-order valence-corrected chi connectivity index (χ2v) is 6.71. The summed E-state index contributed by atoms with van der Waals surface area (Å²) in [4.78, 5) is 22.5. The predicted octanol–water partition coefficient (Wildman–Crippen LogP) is 4.25. The quantitative estimate of drug-likeness (QED) is 0.888. The molecule has 1 saturated heterocycles. The van der Waals surface area contributed by atoms with Gasteiger partial charge in [0.25, 0.3) is 0 Å². The Labute approximate surface area is 147 Å². The maximum Gasteiger partial charge on any atom is 0.321 e. The van der Waals surface area contributed by atoms with E-state index in [1.165, 1.54) is 6.42 Å². The van der Waals surface area contributed by atoms with Crippen molar-refractivity contribution in [1.29, 1.82) is 0 Å². The fourth-order valence-electron chi connectivity index (χ4n) is 3.06. The molecule has 1 N–H and O–H groups in total. The smallest absolute Gasteiger partial charge is 0.321 e. The molecular weight excluding hydrogens is 319 g/mol. The van der Waals surface area contributed by atoms with Crippen molar-refractivity contribution in [3.05, 3.63) is 42.0 Å². The van der Waals surface area contributed by atoms with Crippen LogP contribution in [0, 0.1) is 18.7 Å². The minimum Gasteiger partial charge on any atom is -0.325 e. The molecule has 0 spiro atoms. The first-order chi connectivity index (χ1) is 12.0. The van der Waals surface area contributed by atoms with Crippen molar-refractivity contribution < 1.29 is 9.18 Å². The number of nitrogens with zero attached hydrogens (tertiary/aromatic N) is 3. The Kier molecular flexibility index (Phi) is 5.26. The number of benzene rings is 1. The van der Waals surface area contributed by atoms with E-state index in [0.717, 1.165) is 49.5 Å². The SMILES string of the molecule is Cc1ccc(NC(=O)N2CCC[C@H](C)CC2)cc1-c1ncc(F)cn1. The summed E-state index contributed by atoms with van der Waals surface area (Å²) in [7, 11) is 0. The molecule has 0 unspecified atom stereocenters. The zero-order chi connectivity index (χ0) is 17.8. The first-order valence-corrected chi connectivity index (χ1v) is 8.67. The number of nitrogens with one attached hydrogen (secondary N) is 1. The van der Waals surface area contributed by atoms with Gasteiger partial charge >= 0.3 is 6.03 Å². The lowest BCUT2D eigenvalue weighted by atomic mass is 10.0. The molecule has 25 heavy (non-hydrogen) atoms. The Morgan fingerprint density at radius 1 is 1.24 bits per heavy atom. The third kappa shape index (κ3) is 4.32. The number of aryl methyl sites for hydroxylation is 1. The van der Waals surface area contributed by atoms with E-state index in [1.54, 1.807) is 0 Å². The van der Waals surface area contributed by atoms with E-state index in [1.807, 2.05) is 30.0 Å². The van der Waals surface area contributed by atoms with Crippen molar-refractivity contribution in [3.63, 3.8) is 0 Å². The van der Waals surface area contributed by atoms with Crippen molar-refractivity contribution >= 4 is 11.7 Å². The third-order valence-electron chi connectivity index (χ3n) is 4.65. The van der Waals surface area contributed by atoms with Gasteiger partial charge in [-0.05, 0) is 49.8 Å². The number of likely N-dealkylation sites (tertiary alicyclic amines) is 1. The van der Waals surface area contributed by atoms with Crippen LogP contribution in [0.5, 0.6) is 0 Å². The Balaban J connectivity index is 1.75. The monoisotopic (exact) mass is 342 g/mol. The van der Waals surface area contributed by atoms with E-state index >= 15 is 0 Å². The van der Waals surface area contributed by atoms with Gasteiger partial charge in [-0.3, -0.25) is 0 Å². The Morgan fingerprint density at radius 3 is 2.76 bits per heavy atom. The van der Waals surface area contributed by atoms with Gasteiger partial charge in [-0.25, -0.2) is 19.2 Å². The topological polar surface area (TPSA) is 58.1 Å². The van der Waals surface area contributed by atoms with E-state index < -0.39 is 5.82 Å².